The van der Waals surface area contributed by atoms with E-state index in [9.17, 15) is 9.59 Å². The third-order valence-electron chi connectivity index (χ3n) is 3.89. The summed E-state index contributed by atoms with van der Waals surface area (Å²) < 4.78 is 0. The summed E-state index contributed by atoms with van der Waals surface area (Å²) in [5, 5.41) is 9.75. The van der Waals surface area contributed by atoms with Crippen LogP contribution in [0.4, 0.5) is 4.79 Å². The van der Waals surface area contributed by atoms with Crippen molar-refractivity contribution < 1.29 is 14.7 Å². The van der Waals surface area contributed by atoms with Gasteiger partial charge in [0.25, 0.3) is 0 Å². The molecule has 1 aromatic carbocycles. The Morgan fingerprint density at radius 2 is 2.05 bits per heavy atom. The van der Waals surface area contributed by atoms with Gasteiger partial charge in [0, 0.05) is 31.7 Å². The second kappa shape index (κ2) is 6.35. The molecule has 1 aromatic rings. The molecule has 114 valence electrons. The normalized spacial score (nSPS) is 21.4. The first-order chi connectivity index (χ1) is 9.90. The van der Waals surface area contributed by atoms with E-state index in [4.69, 9.17) is 16.7 Å². The summed E-state index contributed by atoms with van der Waals surface area (Å²) in [6.07, 6.45) is 0. The molecule has 2 unspecified atom stereocenters. The molecule has 0 radical (unpaired) electrons. The van der Waals surface area contributed by atoms with Crippen molar-refractivity contribution in [3.8, 4) is 0 Å². The van der Waals surface area contributed by atoms with Crippen LogP contribution in [0.15, 0.2) is 24.3 Å². The van der Waals surface area contributed by atoms with E-state index < -0.39 is 11.9 Å². The highest BCUT2D eigenvalue weighted by Gasteiger charge is 2.37. The van der Waals surface area contributed by atoms with Crippen LogP contribution in [0.1, 0.15) is 12.5 Å². The summed E-state index contributed by atoms with van der Waals surface area (Å²) in [6, 6.07) is 7.21. The van der Waals surface area contributed by atoms with Gasteiger partial charge in [-0.15, -0.1) is 0 Å². The van der Waals surface area contributed by atoms with Crippen molar-refractivity contribution in [3.63, 3.8) is 0 Å². The van der Waals surface area contributed by atoms with Crippen LogP contribution >= 0.6 is 11.6 Å². The fourth-order valence-corrected chi connectivity index (χ4v) is 2.83. The standard InChI is InChI=1S/C15H19ClN2O3/c1-10-7-18(9-12(10)14(19)20)15(21)17(2)8-11-5-3-4-6-13(11)16/h3-6,10,12H,7-9H2,1-2H3,(H,19,20). The Balaban J connectivity index is 2.01. The molecule has 2 rings (SSSR count). The van der Waals surface area contributed by atoms with E-state index in [1.54, 1.807) is 22.9 Å². The Kier molecular flexibility index (Phi) is 4.73. The van der Waals surface area contributed by atoms with Crippen LogP contribution in [-0.2, 0) is 11.3 Å². The minimum absolute atomic E-state index is 0.0276. The third-order valence-corrected chi connectivity index (χ3v) is 4.26. The second-order valence-corrected chi connectivity index (χ2v) is 5.96. The molecule has 1 aliphatic rings. The molecule has 0 saturated carbocycles. The van der Waals surface area contributed by atoms with Gasteiger partial charge in [-0.2, -0.15) is 0 Å². The number of carboxylic acid groups (broad SMARTS) is 1. The minimum Gasteiger partial charge on any atom is -0.481 e. The second-order valence-electron chi connectivity index (χ2n) is 5.56. The fourth-order valence-electron chi connectivity index (χ4n) is 2.64. The molecule has 6 heteroatoms. The predicted molar refractivity (Wildman–Crippen MR) is 80.2 cm³/mol. The van der Waals surface area contributed by atoms with Gasteiger partial charge in [-0.3, -0.25) is 4.79 Å². The topological polar surface area (TPSA) is 60.9 Å². The monoisotopic (exact) mass is 310 g/mol. The molecule has 0 spiro atoms. The molecular weight excluding hydrogens is 292 g/mol. The summed E-state index contributed by atoms with van der Waals surface area (Å²) in [7, 11) is 1.70. The highest BCUT2D eigenvalue weighted by atomic mass is 35.5. The SMILES string of the molecule is CC1CN(C(=O)N(C)Cc2ccccc2Cl)CC1C(=O)O. The van der Waals surface area contributed by atoms with Crippen LogP contribution in [0, 0.1) is 11.8 Å². The van der Waals surface area contributed by atoms with Crippen LogP contribution in [0.25, 0.3) is 0 Å². The van der Waals surface area contributed by atoms with E-state index in [2.05, 4.69) is 0 Å². The van der Waals surface area contributed by atoms with Gasteiger partial charge in [0.05, 0.1) is 5.92 Å². The number of likely N-dealkylation sites (tertiary alicyclic amines) is 1. The number of halogens is 1. The Labute approximate surface area is 129 Å². The molecule has 21 heavy (non-hydrogen) atoms. The van der Waals surface area contributed by atoms with E-state index in [0.29, 0.717) is 18.1 Å². The molecule has 1 aliphatic heterocycles. The number of benzene rings is 1. The summed E-state index contributed by atoms with van der Waals surface area (Å²) in [5.74, 6) is -1.35. The highest BCUT2D eigenvalue weighted by molar-refractivity contribution is 6.31. The van der Waals surface area contributed by atoms with Gasteiger partial charge < -0.3 is 14.9 Å². The van der Waals surface area contributed by atoms with Gasteiger partial charge in [-0.25, -0.2) is 4.79 Å². The molecule has 0 bridgehead atoms. The number of aliphatic carboxylic acids is 1. The zero-order valence-corrected chi connectivity index (χ0v) is 12.9. The summed E-state index contributed by atoms with van der Waals surface area (Å²) in [5.41, 5.74) is 0.872. The Hall–Kier alpha value is -1.75. The van der Waals surface area contributed by atoms with E-state index in [1.807, 2.05) is 25.1 Å². The summed E-state index contributed by atoms with van der Waals surface area (Å²) in [6.45, 7) is 3.01. The number of carbonyl (C=O) groups is 2. The van der Waals surface area contributed by atoms with Gasteiger partial charge in [-0.05, 0) is 17.5 Å². The number of hydrogen-bond donors (Lipinski definition) is 1. The maximum Gasteiger partial charge on any atom is 0.320 e. The van der Waals surface area contributed by atoms with Crippen molar-refractivity contribution in [2.75, 3.05) is 20.1 Å². The summed E-state index contributed by atoms with van der Waals surface area (Å²) in [4.78, 5) is 26.7. The maximum absolute atomic E-state index is 12.4. The average molecular weight is 311 g/mol. The number of hydrogen-bond acceptors (Lipinski definition) is 2. The van der Waals surface area contributed by atoms with E-state index in [-0.39, 0.29) is 18.5 Å². The molecule has 0 aliphatic carbocycles. The van der Waals surface area contributed by atoms with Crippen molar-refractivity contribution in [2.45, 2.75) is 13.5 Å². The van der Waals surface area contributed by atoms with E-state index in [1.165, 1.54) is 0 Å². The van der Waals surface area contributed by atoms with Crippen LogP contribution < -0.4 is 0 Å². The lowest BCUT2D eigenvalue weighted by molar-refractivity contribution is -0.142. The van der Waals surface area contributed by atoms with E-state index >= 15 is 0 Å². The van der Waals surface area contributed by atoms with Crippen molar-refractivity contribution in [3.05, 3.63) is 34.9 Å². The lowest BCUT2D eigenvalue weighted by Gasteiger charge is -2.25. The predicted octanol–water partition coefficient (Wildman–Crippen LogP) is 2.54. The van der Waals surface area contributed by atoms with Gasteiger partial charge in [-0.1, -0.05) is 36.7 Å². The Bertz CT molecular complexity index is 549. The van der Waals surface area contributed by atoms with Crippen molar-refractivity contribution in [1.29, 1.82) is 0 Å². The number of amides is 2. The first kappa shape index (κ1) is 15.6. The molecule has 2 amide bonds. The lowest BCUT2D eigenvalue weighted by atomic mass is 9.99. The molecular formula is C15H19ClN2O3. The molecule has 1 saturated heterocycles. The number of rotatable bonds is 3. The van der Waals surface area contributed by atoms with Crippen LogP contribution in [0.5, 0.6) is 0 Å². The lowest BCUT2D eigenvalue weighted by Crippen LogP contribution is -2.40. The van der Waals surface area contributed by atoms with E-state index in [0.717, 1.165) is 5.56 Å². The average Bonchev–Trinajstić information content (AvgIpc) is 2.82. The fraction of sp³-hybridized carbons (Fsp3) is 0.467. The molecule has 1 heterocycles. The van der Waals surface area contributed by atoms with Crippen LogP contribution in [0.2, 0.25) is 5.02 Å². The quantitative estimate of drug-likeness (QED) is 0.933. The van der Waals surface area contributed by atoms with Gasteiger partial charge in [0.1, 0.15) is 0 Å². The highest BCUT2D eigenvalue weighted by Crippen LogP contribution is 2.24. The maximum atomic E-state index is 12.4. The van der Waals surface area contributed by atoms with Crippen LogP contribution in [-0.4, -0.2) is 47.0 Å². The largest absolute Gasteiger partial charge is 0.481 e. The molecule has 1 N–H and O–H groups in total. The summed E-state index contributed by atoms with van der Waals surface area (Å²) >= 11 is 6.09. The molecule has 2 atom stereocenters. The zero-order chi connectivity index (χ0) is 15.6. The van der Waals surface area contributed by atoms with Gasteiger partial charge in [0.2, 0.25) is 0 Å². The van der Waals surface area contributed by atoms with Gasteiger partial charge >= 0.3 is 12.0 Å². The Morgan fingerprint density at radius 3 is 2.62 bits per heavy atom. The molecule has 1 fully saturated rings. The third kappa shape index (κ3) is 3.47. The molecule has 0 aromatic heterocycles. The Morgan fingerprint density at radius 1 is 1.38 bits per heavy atom. The smallest absolute Gasteiger partial charge is 0.320 e. The number of nitrogens with zero attached hydrogens (tertiary/aromatic N) is 2. The van der Waals surface area contributed by atoms with Crippen molar-refractivity contribution in [2.24, 2.45) is 11.8 Å². The van der Waals surface area contributed by atoms with Crippen LogP contribution in [0.3, 0.4) is 0 Å². The zero-order valence-electron chi connectivity index (χ0n) is 12.1. The van der Waals surface area contributed by atoms with Crippen molar-refractivity contribution >= 4 is 23.6 Å². The van der Waals surface area contributed by atoms with Crippen molar-refractivity contribution in [1.82, 2.24) is 9.80 Å². The first-order valence-electron chi connectivity index (χ1n) is 6.86. The number of urea groups is 1. The minimum atomic E-state index is -0.841. The molecule has 5 nitrogen and oxygen atoms in total. The number of carboxylic acids is 1. The van der Waals surface area contributed by atoms with Gasteiger partial charge in [0.15, 0.2) is 0 Å². The first-order valence-corrected chi connectivity index (χ1v) is 7.24. The number of carbonyl (C=O) groups excluding carboxylic acids is 1.